The van der Waals surface area contributed by atoms with Crippen molar-refractivity contribution in [3.8, 4) is 5.75 Å². The molecule has 4 rings (SSSR count). The minimum absolute atomic E-state index is 0.640. The molecule has 0 aromatic heterocycles. The maximum absolute atomic E-state index is 5.78. The Kier molecular flexibility index (Phi) is 1.79. The lowest BCUT2D eigenvalue weighted by Crippen LogP contribution is -2.34. The van der Waals surface area contributed by atoms with Crippen LogP contribution in [0.4, 0.5) is 0 Å². The minimum atomic E-state index is -0.671. The number of rotatable bonds is 0. The van der Waals surface area contributed by atoms with Gasteiger partial charge in [0, 0.05) is 10.8 Å². The molecule has 0 saturated carbocycles. The van der Waals surface area contributed by atoms with Crippen LogP contribution in [0, 0.1) is 0 Å². The number of ether oxygens (including phenoxy) is 3. The summed E-state index contributed by atoms with van der Waals surface area (Å²) in [4.78, 5) is 0. The molecule has 1 spiro atoms. The van der Waals surface area contributed by atoms with Gasteiger partial charge in [0.1, 0.15) is 12.4 Å². The van der Waals surface area contributed by atoms with Gasteiger partial charge in [-0.3, -0.25) is 0 Å². The van der Waals surface area contributed by atoms with Gasteiger partial charge < -0.3 is 14.2 Å². The Labute approximate surface area is 98.6 Å². The van der Waals surface area contributed by atoms with E-state index in [-0.39, 0.29) is 0 Å². The van der Waals surface area contributed by atoms with Crippen molar-refractivity contribution in [3.05, 3.63) is 40.3 Å². The fourth-order valence-electron chi connectivity index (χ4n) is 2.61. The molecule has 0 atom stereocenters. The van der Waals surface area contributed by atoms with Crippen molar-refractivity contribution < 1.29 is 14.2 Å². The van der Waals surface area contributed by atoms with E-state index < -0.39 is 5.79 Å². The van der Waals surface area contributed by atoms with Gasteiger partial charge in [0.25, 0.3) is 0 Å². The molecule has 1 aromatic rings. The molecule has 3 heteroatoms. The van der Waals surface area contributed by atoms with Crippen LogP contribution in [-0.2, 0) is 15.3 Å². The molecule has 0 radical (unpaired) electrons. The summed E-state index contributed by atoms with van der Waals surface area (Å²) >= 11 is 0. The highest BCUT2D eigenvalue weighted by molar-refractivity contribution is 5.53. The molecule has 0 unspecified atom stereocenters. The van der Waals surface area contributed by atoms with Crippen LogP contribution in [-0.4, -0.2) is 19.8 Å². The third-order valence-corrected chi connectivity index (χ3v) is 3.41. The van der Waals surface area contributed by atoms with Crippen LogP contribution in [0.1, 0.15) is 5.56 Å². The third-order valence-electron chi connectivity index (χ3n) is 3.41. The first-order valence-corrected chi connectivity index (χ1v) is 5.82. The van der Waals surface area contributed by atoms with Gasteiger partial charge in [-0.15, -0.1) is 0 Å². The molecule has 1 fully saturated rings. The molecule has 86 valence electrons. The highest BCUT2D eigenvalue weighted by atomic mass is 16.7. The highest BCUT2D eigenvalue weighted by Crippen LogP contribution is 2.32. The summed E-state index contributed by atoms with van der Waals surface area (Å²) in [5.41, 5.74) is 1.08. The number of benzene rings is 1. The Morgan fingerprint density at radius 2 is 1.94 bits per heavy atom. The zero-order valence-electron chi connectivity index (χ0n) is 9.31. The maximum Gasteiger partial charge on any atom is 0.216 e. The van der Waals surface area contributed by atoms with Gasteiger partial charge in [-0.25, -0.2) is 0 Å². The molecule has 3 aliphatic rings. The molecule has 17 heavy (non-hydrogen) atoms. The van der Waals surface area contributed by atoms with E-state index in [4.69, 9.17) is 14.2 Å². The second kappa shape index (κ2) is 3.22. The molecule has 2 heterocycles. The molecular formula is C14H12O3. The Hall–Kier alpha value is -1.58. The zero-order chi connectivity index (χ0) is 11.3. The van der Waals surface area contributed by atoms with Crippen molar-refractivity contribution >= 4 is 12.2 Å². The Morgan fingerprint density at radius 1 is 1.06 bits per heavy atom. The number of allylic oxidation sites excluding steroid dienone is 1. The first-order valence-electron chi connectivity index (χ1n) is 5.82. The third kappa shape index (κ3) is 1.24. The van der Waals surface area contributed by atoms with Crippen LogP contribution < -0.4 is 15.2 Å². The average molecular weight is 228 g/mol. The van der Waals surface area contributed by atoms with Crippen LogP contribution in [0.2, 0.25) is 0 Å². The van der Waals surface area contributed by atoms with Gasteiger partial charge in [0.15, 0.2) is 0 Å². The van der Waals surface area contributed by atoms with Crippen LogP contribution >= 0.6 is 0 Å². The summed E-state index contributed by atoms with van der Waals surface area (Å²) in [5.74, 6) is 0.277. The lowest BCUT2D eigenvalue weighted by Gasteiger charge is -2.26. The van der Waals surface area contributed by atoms with E-state index in [0.29, 0.717) is 19.8 Å². The smallest absolute Gasteiger partial charge is 0.216 e. The lowest BCUT2D eigenvalue weighted by molar-refractivity contribution is -0.124. The molecular weight excluding hydrogens is 216 g/mol. The first-order chi connectivity index (χ1) is 8.37. The van der Waals surface area contributed by atoms with Gasteiger partial charge in [-0.1, -0.05) is 12.2 Å². The van der Waals surface area contributed by atoms with Crippen molar-refractivity contribution in [1.82, 2.24) is 0 Å². The average Bonchev–Trinajstić information content (AvgIpc) is 2.96. The van der Waals surface area contributed by atoms with Gasteiger partial charge >= 0.3 is 0 Å². The summed E-state index contributed by atoms with van der Waals surface area (Å²) < 4.78 is 17.1. The highest BCUT2D eigenvalue weighted by Gasteiger charge is 2.38. The molecule has 0 bridgehead atoms. The fraction of sp³-hybridized carbons (Fsp3) is 0.286. The van der Waals surface area contributed by atoms with Gasteiger partial charge in [0.05, 0.1) is 13.2 Å². The fourth-order valence-corrected chi connectivity index (χ4v) is 2.61. The van der Waals surface area contributed by atoms with E-state index in [1.165, 1.54) is 0 Å². The normalized spacial score (nSPS) is 22.6. The minimum Gasteiger partial charge on any atom is -0.489 e. The van der Waals surface area contributed by atoms with E-state index in [2.05, 4.69) is 24.3 Å². The molecule has 0 N–H and O–H groups in total. The zero-order valence-corrected chi connectivity index (χ0v) is 9.31. The van der Waals surface area contributed by atoms with Gasteiger partial charge in [0.2, 0.25) is 5.79 Å². The van der Waals surface area contributed by atoms with Crippen molar-refractivity contribution in [1.29, 1.82) is 0 Å². The Balaban J connectivity index is 2.02. The SMILES string of the molecule is C1=CC2(OCCO2)c2cc3c(cc2=C1)OCC=3. The summed E-state index contributed by atoms with van der Waals surface area (Å²) in [5, 5.41) is 2.24. The summed E-state index contributed by atoms with van der Waals surface area (Å²) in [6, 6.07) is 4.17. The molecule has 0 amide bonds. The molecule has 1 aromatic carbocycles. The summed E-state index contributed by atoms with van der Waals surface area (Å²) in [6.45, 7) is 1.93. The monoisotopic (exact) mass is 228 g/mol. The second-order valence-electron chi connectivity index (χ2n) is 4.38. The lowest BCUT2D eigenvalue weighted by atomic mass is 9.97. The van der Waals surface area contributed by atoms with E-state index in [1.54, 1.807) is 0 Å². The van der Waals surface area contributed by atoms with E-state index in [9.17, 15) is 0 Å². The van der Waals surface area contributed by atoms with Gasteiger partial charge in [-0.05, 0) is 29.5 Å². The van der Waals surface area contributed by atoms with E-state index in [1.807, 2.05) is 12.2 Å². The van der Waals surface area contributed by atoms with Crippen LogP contribution in [0.25, 0.3) is 12.2 Å². The molecule has 1 aliphatic carbocycles. The molecule has 2 aliphatic heterocycles. The number of fused-ring (bicyclic) bond motifs is 3. The number of hydrogen-bond acceptors (Lipinski definition) is 3. The van der Waals surface area contributed by atoms with E-state index in [0.717, 1.165) is 21.8 Å². The predicted molar refractivity (Wildman–Crippen MR) is 62.8 cm³/mol. The van der Waals surface area contributed by atoms with Crippen LogP contribution in [0.15, 0.2) is 24.3 Å². The molecule has 1 saturated heterocycles. The Morgan fingerprint density at radius 3 is 2.82 bits per heavy atom. The van der Waals surface area contributed by atoms with Crippen LogP contribution in [0.5, 0.6) is 5.75 Å². The largest absolute Gasteiger partial charge is 0.489 e. The summed E-state index contributed by atoms with van der Waals surface area (Å²) in [7, 11) is 0. The van der Waals surface area contributed by atoms with E-state index >= 15 is 0 Å². The number of hydrogen-bond donors (Lipinski definition) is 0. The first kappa shape index (κ1) is 9.45. The van der Waals surface area contributed by atoms with Gasteiger partial charge in [-0.2, -0.15) is 0 Å². The van der Waals surface area contributed by atoms with Crippen molar-refractivity contribution in [2.24, 2.45) is 0 Å². The van der Waals surface area contributed by atoms with Crippen LogP contribution in [0.3, 0.4) is 0 Å². The second-order valence-corrected chi connectivity index (χ2v) is 4.38. The Bertz CT molecular complexity index is 622. The standard InChI is InChI=1S/C14H12O3/c1-2-10-9-13-11(3-5-15-13)8-12(10)14(4-1)16-6-7-17-14/h1-4,8-9H,5-7H2. The van der Waals surface area contributed by atoms with Crippen molar-refractivity contribution in [3.63, 3.8) is 0 Å². The predicted octanol–water partition coefficient (Wildman–Crippen LogP) is 0.409. The van der Waals surface area contributed by atoms with Crippen molar-refractivity contribution in [2.75, 3.05) is 19.8 Å². The van der Waals surface area contributed by atoms with Crippen molar-refractivity contribution in [2.45, 2.75) is 5.79 Å². The maximum atomic E-state index is 5.78. The topological polar surface area (TPSA) is 27.7 Å². The molecule has 3 nitrogen and oxygen atoms in total. The summed E-state index contributed by atoms with van der Waals surface area (Å²) in [6.07, 6.45) is 8.10. The quantitative estimate of drug-likeness (QED) is 0.643.